The van der Waals surface area contributed by atoms with E-state index in [0.717, 1.165) is 28.1 Å². The zero-order valence-electron chi connectivity index (χ0n) is 20.6. The summed E-state index contributed by atoms with van der Waals surface area (Å²) < 4.78 is 7.36. The highest BCUT2D eigenvalue weighted by Gasteiger charge is 2.33. The Labute approximate surface area is 205 Å². The average molecular weight is 472 g/mol. The zero-order valence-corrected chi connectivity index (χ0v) is 20.6. The first-order valence-corrected chi connectivity index (χ1v) is 11.4. The average Bonchev–Trinajstić information content (AvgIpc) is 3.32. The molecule has 1 aromatic heterocycles. The number of aromatic nitrogens is 2. The van der Waals surface area contributed by atoms with Gasteiger partial charge in [-0.2, -0.15) is 4.99 Å². The van der Waals surface area contributed by atoms with Crippen molar-refractivity contribution in [3.63, 3.8) is 0 Å². The Balaban J connectivity index is 1.69. The van der Waals surface area contributed by atoms with Crippen molar-refractivity contribution < 1.29 is 14.3 Å². The zero-order chi connectivity index (χ0) is 25.2. The second-order valence-electron chi connectivity index (χ2n) is 9.44. The number of imidazole rings is 1. The maximum atomic E-state index is 12.9. The van der Waals surface area contributed by atoms with Gasteiger partial charge in [0.15, 0.2) is 5.84 Å². The van der Waals surface area contributed by atoms with Gasteiger partial charge in [0.2, 0.25) is 0 Å². The van der Waals surface area contributed by atoms with E-state index < -0.39 is 11.7 Å². The van der Waals surface area contributed by atoms with Crippen LogP contribution in [0.2, 0.25) is 0 Å². The minimum absolute atomic E-state index is 0.222. The summed E-state index contributed by atoms with van der Waals surface area (Å²) in [5, 5.41) is 2.85. The molecule has 8 nitrogen and oxygen atoms in total. The van der Waals surface area contributed by atoms with Crippen LogP contribution in [0.4, 0.5) is 9.59 Å². The van der Waals surface area contributed by atoms with Crippen molar-refractivity contribution in [3.05, 3.63) is 89.1 Å². The smallest absolute Gasteiger partial charge is 0.436 e. The molecule has 0 radical (unpaired) electrons. The normalized spacial score (nSPS) is 16.1. The van der Waals surface area contributed by atoms with Crippen LogP contribution in [0, 0.1) is 13.8 Å². The first-order valence-electron chi connectivity index (χ1n) is 11.4. The van der Waals surface area contributed by atoms with Crippen LogP contribution in [0.5, 0.6) is 0 Å². The van der Waals surface area contributed by atoms with Gasteiger partial charge in [-0.3, -0.25) is 4.90 Å². The molecule has 0 spiro atoms. The number of amides is 3. The van der Waals surface area contributed by atoms with Crippen molar-refractivity contribution in [1.82, 2.24) is 19.8 Å². The molecule has 3 aromatic rings. The fourth-order valence-corrected chi connectivity index (χ4v) is 3.76. The van der Waals surface area contributed by atoms with Gasteiger partial charge in [0, 0.05) is 11.9 Å². The standard InChI is InChI=1S/C27H29N5O3/c1-18-13-21(11-12-23(18)31-15-19(2)28-17-31)14-22-24(30-26(34)35-27(3,4)5)32(25(33)29-22)16-20-9-7-6-8-10-20/h6-15,17H,16H2,1-5H3,(H,29,33). The summed E-state index contributed by atoms with van der Waals surface area (Å²) in [5.74, 6) is 0.222. The maximum absolute atomic E-state index is 12.9. The lowest BCUT2D eigenvalue weighted by molar-refractivity contribution is 0.0603. The summed E-state index contributed by atoms with van der Waals surface area (Å²) in [4.78, 5) is 35.4. The molecule has 0 bridgehead atoms. The Morgan fingerprint density at radius 2 is 1.89 bits per heavy atom. The molecule has 8 heteroatoms. The van der Waals surface area contributed by atoms with Crippen molar-refractivity contribution in [2.24, 2.45) is 4.99 Å². The molecular weight excluding hydrogens is 442 g/mol. The number of aliphatic imine (C=N–C) groups is 1. The lowest BCUT2D eigenvalue weighted by Gasteiger charge is -2.19. The quantitative estimate of drug-likeness (QED) is 0.553. The summed E-state index contributed by atoms with van der Waals surface area (Å²) in [6, 6.07) is 15.1. The predicted octanol–water partition coefficient (Wildman–Crippen LogP) is 5.39. The lowest BCUT2D eigenvalue weighted by Crippen LogP contribution is -2.31. The number of rotatable bonds is 4. The monoisotopic (exact) mass is 471 g/mol. The topological polar surface area (TPSA) is 88.8 Å². The van der Waals surface area contributed by atoms with Crippen LogP contribution in [0.1, 0.15) is 43.2 Å². The second kappa shape index (κ2) is 9.58. The van der Waals surface area contributed by atoms with Crippen molar-refractivity contribution >= 4 is 24.0 Å². The molecule has 1 aliphatic rings. The molecule has 1 fully saturated rings. The molecule has 35 heavy (non-hydrogen) atoms. The molecular formula is C27H29N5O3. The largest absolute Gasteiger partial charge is 0.442 e. The summed E-state index contributed by atoms with van der Waals surface area (Å²) in [7, 11) is 0. The summed E-state index contributed by atoms with van der Waals surface area (Å²) >= 11 is 0. The Kier molecular flexibility index (Phi) is 6.55. The van der Waals surface area contributed by atoms with E-state index in [-0.39, 0.29) is 18.4 Å². The third-order valence-electron chi connectivity index (χ3n) is 5.28. The SMILES string of the molecule is Cc1cn(-c2ccc(C=C3NC(=O)N(Cc4ccccc4)C3=NC(=O)OC(C)(C)C)cc2C)cn1. The number of hydrogen-bond donors (Lipinski definition) is 1. The van der Waals surface area contributed by atoms with Gasteiger partial charge >= 0.3 is 12.1 Å². The molecule has 4 rings (SSSR count). The number of ether oxygens (including phenoxy) is 1. The van der Waals surface area contributed by atoms with Gasteiger partial charge in [-0.1, -0.05) is 36.4 Å². The van der Waals surface area contributed by atoms with Crippen LogP contribution in [-0.2, 0) is 11.3 Å². The number of nitrogens with zero attached hydrogens (tertiary/aromatic N) is 4. The van der Waals surface area contributed by atoms with E-state index in [4.69, 9.17) is 4.74 Å². The molecule has 1 aliphatic heterocycles. The first-order chi connectivity index (χ1) is 16.6. The summed E-state index contributed by atoms with van der Waals surface area (Å²) in [6.07, 6.45) is 4.79. The highest BCUT2D eigenvalue weighted by atomic mass is 16.6. The van der Waals surface area contributed by atoms with Crippen molar-refractivity contribution in [2.75, 3.05) is 0 Å². The fourth-order valence-electron chi connectivity index (χ4n) is 3.76. The number of nitrogens with one attached hydrogen (secondary N) is 1. The molecule has 0 saturated carbocycles. The van der Waals surface area contributed by atoms with E-state index in [1.807, 2.05) is 79.2 Å². The number of urea groups is 1. The van der Waals surface area contributed by atoms with Crippen LogP contribution < -0.4 is 5.32 Å². The van der Waals surface area contributed by atoms with E-state index in [1.165, 1.54) is 4.90 Å². The third kappa shape index (κ3) is 5.84. The Bertz CT molecular complexity index is 1320. The highest BCUT2D eigenvalue weighted by molar-refractivity contribution is 6.18. The minimum atomic E-state index is -0.755. The molecule has 180 valence electrons. The molecule has 0 unspecified atom stereocenters. The number of aryl methyl sites for hydroxylation is 2. The predicted molar refractivity (Wildman–Crippen MR) is 135 cm³/mol. The first kappa shape index (κ1) is 23.9. The van der Waals surface area contributed by atoms with Gasteiger partial charge in [-0.15, -0.1) is 0 Å². The molecule has 1 N–H and O–H groups in total. The number of amidine groups is 1. The van der Waals surface area contributed by atoms with Gasteiger partial charge in [0.05, 0.1) is 24.3 Å². The molecule has 3 amide bonds. The van der Waals surface area contributed by atoms with Crippen molar-refractivity contribution in [3.8, 4) is 5.69 Å². The van der Waals surface area contributed by atoms with Crippen molar-refractivity contribution in [1.29, 1.82) is 0 Å². The van der Waals surface area contributed by atoms with E-state index in [2.05, 4.69) is 15.3 Å². The maximum Gasteiger partial charge on any atom is 0.436 e. The second-order valence-corrected chi connectivity index (χ2v) is 9.44. The van der Waals surface area contributed by atoms with Crippen LogP contribution in [0.25, 0.3) is 11.8 Å². The van der Waals surface area contributed by atoms with Gasteiger partial charge < -0.3 is 14.6 Å². The molecule has 2 aromatic carbocycles. The number of carbonyl (C=O) groups is 2. The molecule has 0 aliphatic carbocycles. The van der Waals surface area contributed by atoms with Gasteiger partial charge in [0.25, 0.3) is 0 Å². The number of hydrogen-bond acceptors (Lipinski definition) is 4. The summed E-state index contributed by atoms with van der Waals surface area (Å²) in [5.41, 5.74) is 4.48. The lowest BCUT2D eigenvalue weighted by atomic mass is 10.1. The Morgan fingerprint density at radius 3 is 2.51 bits per heavy atom. The van der Waals surface area contributed by atoms with E-state index in [9.17, 15) is 9.59 Å². The van der Waals surface area contributed by atoms with Crippen LogP contribution >= 0.6 is 0 Å². The van der Waals surface area contributed by atoms with Gasteiger partial charge in [-0.25, -0.2) is 14.6 Å². The fraction of sp³-hybridized carbons (Fsp3) is 0.259. The van der Waals surface area contributed by atoms with E-state index >= 15 is 0 Å². The molecule has 1 saturated heterocycles. The third-order valence-corrected chi connectivity index (χ3v) is 5.28. The Hall–Kier alpha value is -4.20. The van der Waals surface area contributed by atoms with Crippen molar-refractivity contribution in [2.45, 2.75) is 46.8 Å². The highest BCUT2D eigenvalue weighted by Crippen LogP contribution is 2.22. The Morgan fingerprint density at radius 1 is 1.14 bits per heavy atom. The van der Waals surface area contributed by atoms with Gasteiger partial charge in [0.1, 0.15) is 5.60 Å². The summed E-state index contributed by atoms with van der Waals surface area (Å²) in [6.45, 7) is 9.54. The van der Waals surface area contributed by atoms with E-state index in [1.54, 1.807) is 27.1 Å². The number of benzene rings is 2. The van der Waals surface area contributed by atoms with E-state index in [0.29, 0.717) is 5.70 Å². The van der Waals surface area contributed by atoms with Gasteiger partial charge in [-0.05, 0) is 69.5 Å². The van der Waals surface area contributed by atoms with Crippen LogP contribution in [0.15, 0.2) is 71.7 Å². The van der Waals surface area contributed by atoms with Crippen LogP contribution in [0.3, 0.4) is 0 Å². The molecule has 2 heterocycles. The minimum Gasteiger partial charge on any atom is -0.442 e. The van der Waals surface area contributed by atoms with Crippen LogP contribution in [-0.4, -0.2) is 38.0 Å². The number of carbonyl (C=O) groups excluding carboxylic acids is 2. The molecule has 0 atom stereocenters.